The van der Waals surface area contributed by atoms with Crippen LogP contribution in [0, 0.1) is 5.82 Å². The van der Waals surface area contributed by atoms with Crippen molar-refractivity contribution in [3.05, 3.63) is 28.2 Å². The van der Waals surface area contributed by atoms with Crippen LogP contribution in [0.5, 0.6) is 0 Å². The predicted molar refractivity (Wildman–Crippen MR) is 46.5 cm³/mol. The highest BCUT2D eigenvalue weighted by Gasteiger charge is 2.24. The van der Waals surface area contributed by atoms with Crippen molar-refractivity contribution < 1.29 is 13.9 Å². The molecule has 0 atom stereocenters. The van der Waals surface area contributed by atoms with E-state index in [4.69, 9.17) is 9.47 Å². The summed E-state index contributed by atoms with van der Waals surface area (Å²) in [4.78, 5) is 3.90. The topological polar surface area (TPSA) is 31.4 Å². The monoisotopic (exact) mass is 247 g/mol. The third-order valence-corrected chi connectivity index (χ3v) is 2.38. The van der Waals surface area contributed by atoms with Gasteiger partial charge in [0.05, 0.1) is 18.8 Å². The summed E-state index contributed by atoms with van der Waals surface area (Å²) < 4.78 is 24.0. The molecule has 0 radical (unpaired) electrons. The summed E-state index contributed by atoms with van der Waals surface area (Å²) in [6.45, 7) is 0.983. The van der Waals surface area contributed by atoms with Crippen molar-refractivity contribution in [2.24, 2.45) is 0 Å². The first-order valence-electron chi connectivity index (χ1n) is 3.82. The highest BCUT2D eigenvalue weighted by Crippen LogP contribution is 2.30. The van der Waals surface area contributed by atoms with Gasteiger partial charge in [0.25, 0.3) is 0 Å². The molecule has 1 fully saturated rings. The van der Waals surface area contributed by atoms with Gasteiger partial charge in [0.2, 0.25) is 0 Å². The third-order valence-electron chi connectivity index (χ3n) is 1.75. The maximum atomic E-state index is 13.3. The fourth-order valence-corrected chi connectivity index (χ4v) is 1.66. The van der Waals surface area contributed by atoms with Crippen molar-refractivity contribution in [1.82, 2.24) is 4.98 Å². The molecule has 0 bridgehead atoms. The van der Waals surface area contributed by atoms with Gasteiger partial charge in [-0.05, 0) is 22.0 Å². The van der Waals surface area contributed by atoms with E-state index in [1.54, 1.807) is 0 Å². The zero-order valence-electron chi connectivity index (χ0n) is 6.67. The molecule has 0 aliphatic carbocycles. The highest BCUT2D eigenvalue weighted by atomic mass is 79.9. The van der Waals surface area contributed by atoms with E-state index in [2.05, 4.69) is 20.9 Å². The SMILES string of the molecule is Fc1ccnc(Br)c1C1OCCO1. The van der Waals surface area contributed by atoms with Gasteiger partial charge < -0.3 is 9.47 Å². The van der Waals surface area contributed by atoms with Gasteiger partial charge in [-0.3, -0.25) is 0 Å². The van der Waals surface area contributed by atoms with Gasteiger partial charge in [-0.15, -0.1) is 0 Å². The van der Waals surface area contributed by atoms with E-state index in [1.165, 1.54) is 12.3 Å². The number of halogens is 2. The number of hydrogen-bond donors (Lipinski definition) is 0. The van der Waals surface area contributed by atoms with Crippen LogP contribution < -0.4 is 0 Å². The predicted octanol–water partition coefficient (Wildman–Crippen LogP) is 2.03. The Balaban J connectivity index is 2.37. The summed E-state index contributed by atoms with van der Waals surface area (Å²) in [6.07, 6.45) is 0.765. The molecule has 1 aromatic rings. The Kier molecular flexibility index (Phi) is 2.57. The maximum Gasteiger partial charge on any atom is 0.189 e. The third kappa shape index (κ3) is 1.72. The number of aromatic nitrogens is 1. The smallest absolute Gasteiger partial charge is 0.189 e. The molecule has 0 N–H and O–H groups in total. The zero-order chi connectivity index (χ0) is 9.26. The van der Waals surface area contributed by atoms with Gasteiger partial charge in [0.1, 0.15) is 10.4 Å². The zero-order valence-corrected chi connectivity index (χ0v) is 8.25. The molecular weight excluding hydrogens is 241 g/mol. The Morgan fingerprint density at radius 3 is 2.77 bits per heavy atom. The molecule has 0 aromatic carbocycles. The number of rotatable bonds is 1. The molecule has 2 heterocycles. The lowest BCUT2D eigenvalue weighted by atomic mass is 10.2. The molecule has 1 aliphatic heterocycles. The number of nitrogens with zero attached hydrogens (tertiary/aromatic N) is 1. The van der Waals surface area contributed by atoms with Crippen molar-refractivity contribution in [3.63, 3.8) is 0 Å². The van der Waals surface area contributed by atoms with Gasteiger partial charge in [-0.1, -0.05) is 0 Å². The second kappa shape index (κ2) is 3.69. The second-order valence-electron chi connectivity index (χ2n) is 2.57. The Morgan fingerprint density at radius 2 is 2.15 bits per heavy atom. The standard InChI is InChI=1S/C8H7BrFNO2/c9-7-6(5(10)1-2-11-7)8-12-3-4-13-8/h1-2,8H,3-4H2. The molecule has 1 aromatic heterocycles. The average Bonchev–Trinajstić information content (AvgIpc) is 2.57. The summed E-state index contributed by atoms with van der Waals surface area (Å²) in [6, 6.07) is 1.28. The van der Waals surface area contributed by atoms with Crippen LogP contribution in [0.2, 0.25) is 0 Å². The van der Waals surface area contributed by atoms with E-state index >= 15 is 0 Å². The van der Waals surface area contributed by atoms with E-state index in [0.717, 1.165) is 0 Å². The van der Waals surface area contributed by atoms with E-state index in [0.29, 0.717) is 23.4 Å². The van der Waals surface area contributed by atoms with Crippen LogP contribution in [0.15, 0.2) is 16.9 Å². The summed E-state index contributed by atoms with van der Waals surface area (Å²) in [5.74, 6) is -0.367. The summed E-state index contributed by atoms with van der Waals surface area (Å²) in [5, 5.41) is 0. The largest absolute Gasteiger partial charge is 0.346 e. The molecule has 0 unspecified atom stereocenters. The first kappa shape index (κ1) is 9.05. The fourth-order valence-electron chi connectivity index (χ4n) is 1.16. The van der Waals surface area contributed by atoms with Gasteiger partial charge >= 0.3 is 0 Å². The first-order chi connectivity index (χ1) is 6.29. The molecule has 0 amide bonds. The van der Waals surface area contributed by atoms with Crippen LogP contribution in [0.1, 0.15) is 11.9 Å². The molecule has 0 spiro atoms. The van der Waals surface area contributed by atoms with E-state index in [1.807, 2.05) is 0 Å². The van der Waals surface area contributed by atoms with Crippen LogP contribution in [0.25, 0.3) is 0 Å². The van der Waals surface area contributed by atoms with E-state index < -0.39 is 6.29 Å². The second-order valence-corrected chi connectivity index (χ2v) is 3.32. The quantitative estimate of drug-likeness (QED) is 0.712. The molecule has 5 heteroatoms. The molecular formula is C8H7BrFNO2. The Morgan fingerprint density at radius 1 is 1.46 bits per heavy atom. The molecule has 0 saturated carbocycles. The van der Waals surface area contributed by atoms with Crippen LogP contribution >= 0.6 is 15.9 Å². The van der Waals surface area contributed by atoms with Gasteiger partial charge in [-0.25, -0.2) is 9.37 Å². The van der Waals surface area contributed by atoms with Crippen molar-refractivity contribution in [1.29, 1.82) is 0 Å². The molecule has 13 heavy (non-hydrogen) atoms. The van der Waals surface area contributed by atoms with Crippen molar-refractivity contribution in [2.45, 2.75) is 6.29 Å². The first-order valence-corrected chi connectivity index (χ1v) is 4.61. The molecule has 3 nitrogen and oxygen atoms in total. The lowest BCUT2D eigenvalue weighted by Crippen LogP contribution is -2.03. The molecule has 1 aliphatic rings. The number of pyridine rings is 1. The van der Waals surface area contributed by atoms with Crippen LogP contribution in [-0.2, 0) is 9.47 Å². The Hall–Kier alpha value is -0.520. The van der Waals surface area contributed by atoms with Crippen LogP contribution in [-0.4, -0.2) is 18.2 Å². The lowest BCUT2D eigenvalue weighted by molar-refractivity contribution is -0.0473. The van der Waals surface area contributed by atoms with Gasteiger partial charge in [0, 0.05) is 6.20 Å². The summed E-state index contributed by atoms with van der Waals surface area (Å²) in [5.41, 5.74) is 0.333. The lowest BCUT2D eigenvalue weighted by Gasteiger charge is -2.10. The maximum absolute atomic E-state index is 13.3. The van der Waals surface area contributed by atoms with E-state index in [-0.39, 0.29) is 5.82 Å². The Labute approximate surface area is 83.0 Å². The van der Waals surface area contributed by atoms with Gasteiger partial charge in [0.15, 0.2) is 6.29 Å². The average molecular weight is 248 g/mol. The fraction of sp³-hybridized carbons (Fsp3) is 0.375. The van der Waals surface area contributed by atoms with Gasteiger partial charge in [-0.2, -0.15) is 0 Å². The minimum absolute atomic E-state index is 0.333. The van der Waals surface area contributed by atoms with Crippen molar-refractivity contribution in [3.8, 4) is 0 Å². The van der Waals surface area contributed by atoms with E-state index in [9.17, 15) is 4.39 Å². The normalized spacial score (nSPS) is 18.0. The van der Waals surface area contributed by atoms with Crippen molar-refractivity contribution >= 4 is 15.9 Å². The minimum Gasteiger partial charge on any atom is -0.346 e. The number of ether oxygens (including phenoxy) is 2. The number of hydrogen-bond acceptors (Lipinski definition) is 3. The van der Waals surface area contributed by atoms with Crippen LogP contribution in [0.3, 0.4) is 0 Å². The molecule has 70 valence electrons. The van der Waals surface area contributed by atoms with Crippen LogP contribution in [0.4, 0.5) is 4.39 Å². The Bertz CT molecular complexity index is 295. The molecule has 1 saturated heterocycles. The minimum atomic E-state index is -0.622. The summed E-state index contributed by atoms with van der Waals surface area (Å²) in [7, 11) is 0. The molecule has 2 rings (SSSR count). The highest BCUT2D eigenvalue weighted by molar-refractivity contribution is 9.10. The summed E-state index contributed by atoms with van der Waals surface area (Å²) >= 11 is 3.15. The van der Waals surface area contributed by atoms with Crippen molar-refractivity contribution in [2.75, 3.05) is 13.2 Å².